The van der Waals surface area contributed by atoms with Crippen LogP contribution in [0.1, 0.15) is 17.4 Å². The predicted molar refractivity (Wildman–Crippen MR) is 71.8 cm³/mol. The summed E-state index contributed by atoms with van der Waals surface area (Å²) in [4.78, 5) is 1.56. The fraction of sp³-hybridized carbons (Fsp3) is 0.214. The minimum atomic E-state index is -0.208. The predicted octanol–water partition coefficient (Wildman–Crippen LogP) is 3.54. The van der Waals surface area contributed by atoms with Crippen LogP contribution in [0, 0.1) is 17.1 Å². The molecule has 0 saturated heterocycles. The molecule has 0 fully saturated rings. The number of halogens is 1. The quantitative estimate of drug-likeness (QED) is 0.912. The Morgan fingerprint density at radius 1 is 1.33 bits per heavy atom. The molecule has 0 aliphatic carbocycles. The number of rotatable bonds is 4. The van der Waals surface area contributed by atoms with Gasteiger partial charge in [-0.3, -0.25) is 0 Å². The number of thiophene rings is 1. The molecule has 1 aromatic heterocycles. The van der Waals surface area contributed by atoms with E-state index in [-0.39, 0.29) is 5.82 Å². The van der Waals surface area contributed by atoms with Crippen molar-refractivity contribution in [2.24, 2.45) is 0 Å². The van der Waals surface area contributed by atoms with Gasteiger partial charge in [0.2, 0.25) is 0 Å². The zero-order valence-corrected chi connectivity index (χ0v) is 10.9. The molecule has 0 radical (unpaired) electrons. The summed E-state index contributed by atoms with van der Waals surface area (Å²) in [6.07, 6.45) is 0. The third kappa shape index (κ3) is 2.76. The lowest BCUT2D eigenvalue weighted by Gasteiger charge is -2.05. The molecule has 1 N–H and O–H groups in total. The highest BCUT2D eigenvalue weighted by Gasteiger charge is 2.07. The Morgan fingerprint density at radius 2 is 2.17 bits per heavy atom. The summed E-state index contributed by atoms with van der Waals surface area (Å²) in [5.41, 5.74) is 1.48. The maximum atomic E-state index is 13.8. The van der Waals surface area contributed by atoms with Gasteiger partial charge in [-0.15, -0.1) is 11.3 Å². The molecule has 2 nitrogen and oxygen atoms in total. The molecule has 0 aliphatic heterocycles. The maximum absolute atomic E-state index is 13.8. The number of hydrogen-bond donors (Lipinski definition) is 1. The van der Waals surface area contributed by atoms with Gasteiger partial charge in [-0.05, 0) is 30.3 Å². The monoisotopic (exact) mass is 260 g/mol. The van der Waals surface area contributed by atoms with E-state index in [1.807, 2.05) is 19.1 Å². The molecule has 1 heterocycles. The minimum absolute atomic E-state index is 0.208. The van der Waals surface area contributed by atoms with Gasteiger partial charge in [-0.1, -0.05) is 19.1 Å². The number of nitriles is 1. The first-order valence-corrected chi connectivity index (χ1v) is 6.55. The molecule has 2 aromatic rings. The second-order valence-corrected chi connectivity index (χ2v) is 4.95. The zero-order valence-electron chi connectivity index (χ0n) is 10.0. The smallest absolute Gasteiger partial charge is 0.128 e. The lowest BCUT2D eigenvalue weighted by molar-refractivity contribution is 0.594. The van der Waals surface area contributed by atoms with E-state index in [1.54, 1.807) is 12.1 Å². The summed E-state index contributed by atoms with van der Waals surface area (Å²) in [7, 11) is 0. The number of benzene rings is 1. The number of nitrogens with one attached hydrogen (secondary N) is 1. The van der Waals surface area contributed by atoms with Crippen molar-refractivity contribution in [2.75, 3.05) is 6.54 Å². The van der Waals surface area contributed by atoms with Gasteiger partial charge in [-0.2, -0.15) is 5.26 Å². The Balaban J connectivity index is 2.25. The first-order chi connectivity index (χ1) is 8.74. The van der Waals surface area contributed by atoms with Crippen molar-refractivity contribution in [3.8, 4) is 16.5 Å². The van der Waals surface area contributed by atoms with Crippen LogP contribution in [-0.4, -0.2) is 6.54 Å². The molecule has 0 unspecified atom stereocenters. The molecule has 0 bridgehead atoms. The first-order valence-electron chi connectivity index (χ1n) is 5.74. The van der Waals surface area contributed by atoms with Crippen LogP contribution in [-0.2, 0) is 6.54 Å². The molecule has 2 rings (SSSR count). The van der Waals surface area contributed by atoms with Crippen LogP contribution in [0.25, 0.3) is 10.4 Å². The van der Waals surface area contributed by atoms with Crippen molar-refractivity contribution in [1.29, 1.82) is 5.26 Å². The summed E-state index contributed by atoms with van der Waals surface area (Å²) in [5, 5.41) is 11.9. The van der Waals surface area contributed by atoms with E-state index in [0.717, 1.165) is 17.0 Å². The largest absolute Gasteiger partial charge is 0.313 e. The Labute approximate surface area is 110 Å². The van der Waals surface area contributed by atoms with Gasteiger partial charge in [0, 0.05) is 17.0 Å². The molecule has 92 valence electrons. The maximum Gasteiger partial charge on any atom is 0.128 e. The van der Waals surface area contributed by atoms with Crippen molar-refractivity contribution in [3.05, 3.63) is 46.6 Å². The molecular weight excluding hydrogens is 247 g/mol. The van der Waals surface area contributed by atoms with Crippen molar-refractivity contribution < 1.29 is 4.39 Å². The zero-order chi connectivity index (χ0) is 13.0. The highest BCUT2D eigenvalue weighted by Crippen LogP contribution is 2.28. The molecule has 4 heteroatoms. The van der Waals surface area contributed by atoms with E-state index < -0.39 is 0 Å². The summed E-state index contributed by atoms with van der Waals surface area (Å²) in [5.74, 6) is -0.208. The van der Waals surface area contributed by atoms with Gasteiger partial charge in [0.1, 0.15) is 16.8 Å². The average molecular weight is 260 g/mol. The van der Waals surface area contributed by atoms with Crippen molar-refractivity contribution in [3.63, 3.8) is 0 Å². The van der Waals surface area contributed by atoms with E-state index in [2.05, 4.69) is 11.4 Å². The first kappa shape index (κ1) is 12.7. The van der Waals surface area contributed by atoms with Gasteiger partial charge in [0.05, 0.1) is 0 Å². The van der Waals surface area contributed by atoms with Gasteiger partial charge >= 0.3 is 0 Å². The van der Waals surface area contributed by atoms with E-state index in [0.29, 0.717) is 17.0 Å². The fourth-order valence-electron chi connectivity index (χ4n) is 1.66. The van der Waals surface area contributed by atoms with Crippen LogP contribution < -0.4 is 5.32 Å². The summed E-state index contributed by atoms with van der Waals surface area (Å²) in [6, 6.07) is 10.9. The third-order valence-corrected chi connectivity index (χ3v) is 3.66. The summed E-state index contributed by atoms with van der Waals surface area (Å²) in [6.45, 7) is 3.34. The van der Waals surface area contributed by atoms with Crippen molar-refractivity contribution in [2.45, 2.75) is 13.5 Å². The highest BCUT2D eigenvalue weighted by molar-refractivity contribution is 7.16. The lowest BCUT2D eigenvalue weighted by atomic mass is 10.1. The topological polar surface area (TPSA) is 35.8 Å². The van der Waals surface area contributed by atoms with Crippen molar-refractivity contribution >= 4 is 11.3 Å². The molecule has 0 atom stereocenters. The van der Waals surface area contributed by atoms with Crippen LogP contribution in [0.5, 0.6) is 0 Å². The second kappa shape index (κ2) is 5.76. The molecule has 0 saturated carbocycles. The van der Waals surface area contributed by atoms with E-state index in [4.69, 9.17) is 5.26 Å². The van der Waals surface area contributed by atoms with E-state index in [9.17, 15) is 4.39 Å². The minimum Gasteiger partial charge on any atom is -0.313 e. The van der Waals surface area contributed by atoms with Gasteiger partial charge in [-0.25, -0.2) is 4.39 Å². The summed E-state index contributed by atoms with van der Waals surface area (Å²) >= 11 is 1.37. The molecule has 1 aromatic carbocycles. The van der Waals surface area contributed by atoms with Crippen LogP contribution in [0.15, 0.2) is 30.3 Å². The lowest BCUT2D eigenvalue weighted by Crippen LogP contribution is -2.12. The summed E-state index contributed by atoms with van der Waals surface area (Å²) < 4.78 is 13.8. The van der Waals surface area contributed by atoms with E-state index >= 15 is 0 Å². The van der Waals surface area contributed by atoms with Gasteiger partial charge in [0.25, 0.3) is 0 Å². The third-order valence-electron chi connectivity index (χ3n) is 2.62. The molecular formula is C14H13FN2S. The Morgan fingerprint density at radius 3 is 2.78 bits per heavy atom. The SMILES string of the molecule is CCNCc1ccc(-c2ccc(C#N)s2)cc1F. The van der Waals surface area contributed by atoms with Crippen molar-refractivity contribution in [1.82, 2.24) is 5.32 Å². The van der Waals surface area contributed by atoms with Crippen LogP contribution in [0.2, 0.25) is 0 Å². The standard InChI is InChI=1S/C14H13FN2S/c1-2-17-9-11-4-3-10(7-13(11)15)14-6-5-12(8-16)18-14/h3-7,17H,2,9H2,1H3. The average Bonchev–Trinajstić information content (AvgIpc) is 2.86. The Bertz CT molecular complexity index is 584. The molecule has 0 spiro atoms. The molecule has 18 heavy (non-hydrogen) atoms. The molecule has 0 aliphatic rings. The van der Waals surface area contributed by atoms with Gasteiger partial charge in [0.15, 0.2) is 0 Å². The number of hydrogen-bond acceptors (Lipinski definition) is 3. The second-order valence-electron chi connectivity index (χ2n) is 3.86. The van der Waals surface area contributed by atoms with E-state index in [1.165, 1.54) is 17.4 Å². The Hall–Kier alpha value is -1.70. The fourth-order valence-corrected chi connectivity index (χ4v) is 2.46. The Kier molecular flexibility index (Phi) is 4.08. The number of nitrogens with zero attached hydrogens (tertiary/aromatic N) is 1. The van der Waals surface area contributed by atoms with Crippen LogP contribution in [0.4, 0.5) is 4.39 Å². The molecule has 0 amide bonds. The van der Waals surface area contributed by atoms with Crippen LogP contribution in [0.3, 0.4) is 0 Å². The highest BCUT2D eigenvalue weighted by atomic mass is 32.1. The normalized spacial score (nSPS) is 10.3. The van der Waals surface area contributed by atoms with Crippen LogP contribution >= 0.6 is 11.3 Å². The van der Waals surface area contributed by atoms with Gasteiger partial charge < -0.3 is 5.32 Å².